The van der Waals surface area contributed by atoms with Gasteiger partial charge in [0.15, 0.2) is 17.5 Å². The molecule has 0 unspecified atom stereocenters. The number of nitrogens with zero attached hydrogens (tertiary/aromatic N) is 3. The van der Waals surface area contributed by atoms with Crippen LogP contribution < -0.4 is 0 Å². The van der Waals surface area contributed by atoms with Crippen LogP contribution in [0, 0.1) is 0 Å². The molecule has 0 saturated carbocycles. The lowest BCUT2D eigenvalue weighted by molar-refractivity contribution is 0.673. The van der Waals surface area contributed by atoms with Crippen LogP contribution in [0.2, 0.25) is 0 Å². The number of furan rings is 1. The largest absolute Gasteiger partial charge is 0.455 e. The summed E-state index contributed by atoms with van der Waals surface area (Å²) >= 11 is 0. The molecule has 7 aromatic carbocycles. The molecule has 0 N–H and O–H groups in total. The summed E-state index contributed by atoms with van der Waals surface area (Å²) in [6.07, 6.45) is 0. The molecule has 0 atom stereocenters. The maximum Gasteiger partial charge on any atom is 0.164 e. The summed E-state index contributed by atoms with van der Waals surface area (Å²) in [5.41, 5.74) is 9.21. The molecule has 0 spiro atoms. The lowest BCUT2D eigenvalue weighted by Gasteiger charge is -2.11. The van der Waals surface area contributed by atoms with Gasteiger partial charge in [0.2, 0.25) is 0 Å². The van der Waals surface area contributed by atoms with Crippen molar-refractivity contribution >= 4 is 32.7 Å². The van der Waals surface area contributed by atoms with Crippen molar-refractivity contribution in [1.82, 2.24) is 15.0 Å². The predicted molar refractivity (Wildman–Crippen MR) is 192 cm³/mol. The van der Waals surface area contributed by atoms with Crippen molar-refractivity contribution in [2.75, 3.05) is 0 Å². The first-order valence-electron chi connectivity index (χ1n) is 15.7. The normalized spacial score (nSPS) is 11.4. The quantitative estimate of drug-likeness (QED) is 0.197. The van der Waals surface area contributed by atoms with Gasteiger partial charge in [-0.05, 0) is 45.8 Å². The molecule has 47 heavy (non-hydrogen) atoms. The van der Waals surface area contributed by atoms with Crippen molar-refractivity contribution in [3.63, 3.8) is 0 Å². The average molecular weight is 602 g/mol. The van der Waals surface area contributed by atoms with Crippen LogP contribution in [0.1, 0.15) is 0 Å². The predicted octanol–water partition coefficient (Wildman–Crippen LogP) is 11.3. The van der Waals surface area contributed by atoms with E-state index in [4.69, 9.17) is 19.4 Å². The molecule has 0 radical (unpaired) electrons. The van der Waals surface area contributed by atoms with Crippen LogP contribution in [0.25, 0.3) is 89.1 Å². The van der Waals surface area contributed by atoms with Crippen molar-refractivity contribution in [3.05, 3.63) is 164 Å². The number of hydrogen-bond donors (Lipinski definition) is 0. The minimum absolute atomic E-state index is 0.623. The lowest BCUT2D eigenvalue weighted by Crippen LogP contribution is -2.00. The number of rotatable bonds is 5. The van der Waals surface area contributed by atoms with Gasteiger partial charge in [-0.15, -0.1) is 0 Å². The Morgan fingerprint density at radius 3 is 1.40 bits per heavy atom. The SMILES string of the molecule is c1ccc(-c2ccc(-c3ccc4oc5c6ccccc6c(-c6nc(-c7ccccc7)nc(-c7ccccc7)n6)cc5c4c3)cc2)cc1. The molecule has 0 aliphatic heterocycles. The Hall–Kier alpha value is -6.39. The van der Waals surface area contributed by atoms with E-state index < -0.39 is 0 Å². The Bertz CT molecular complexity index is 2480. The summed E-state index contributed by atoms with van der Waals surface area (Å²) in [4.78, 5) is 15.0. The summed E-state index contributed by atoms with van der Waals surface area (Å²) in [5, 5.41) is 4.13. The van der Waals surface area contributed by atoms with Gasteiger partial charge in [0, 0.05) is 32.8 Å². The van der Waals surface area contributed by atoms with E-state index in [2.05, 4.69) is 97.1 Å². The highest BCUT2D eigenvalue weighted by atomic mass is 16.3. The van der Waals surface area contributed by atoms with Gasteiger partial charge >= 0.3 is 0 Å². The molecular formula is C43H27N3O. The van der Waals surface area contributed by atoms with Crippen LogP contribution in [-0.4, -0.2) is 15.0 Å². The third-order valence-electron chi connectivity index (χ3n) is 8.74. The molecule has 0 saturated heterocycles. The third kappa shape index (κ3) is 4.84. The van der Waals surface area contributed by atoms with Gasteiger partial charge in [-0.25, -0.2) is 15.0 Å². The fourth-order valence-electron chi connectivity index (χ4n) is 6.38. The summed E-state index contributed by atoms with van der Waals surface area (Å²) < 4.78 is 6.56. The Morgan fingerprint density at radius 2 is 0.787 bits per heavy atom. The van der Waals surface area contributed by atoms with Crippen LogP contribution in [0.3, 0.4) is 0 Å². The Kier molecular flexibility index (Phi) is 6.43. The van der Waals surface area contributed by atoms with Crippen LogP contribution in [-0.2, 0) is 0 Å². The molecule has 0 amide bonds. The van der Waals surface area contributed by atoms with Gasteiger partial charge in [0.25, 0.3) is 0 Å². The van der Waals surface area contributed by atoms with Crippen molar-refractivity contribution < 1.29 is 4.42 Å². The van der Waals surface area contributed by atoms with E-state index in [1.165, 1.54) is 11.1 Å². The minimum Gasteiger partial charge on any atom is -0.455 e. The molecule has 0 fully saturated rings. The van der Waals surface area contributed by atoms with Crippen LogP contribution in [0.5, 0.6) is 0 Å². The second kappa shape index (κ2) is 11.2. The van der Waals surface area contributed by atoms with Crippen LogP contribution in [0.4, 0.5) is 0 Å². The highest BCUT2D eigenvalue weighted by Gasteiger charge is 2.19. The van der Waals surface area contributed by atoms with Crippen molar-refractivity contribution in [2.45, 2.75) is 0 Å². The van der Waals surface area contributed by atoms with Crippen LogP contribution in [0.15, 0.2) is 168 Å². The van der Waals surface area contributed by atoms with E-state index in [-0.39, 0.29) is 0 Å². The Morgan fingerprint density at radius 1 is 0.319 bits per heavy atom. The summed E-state index contributed by atoms with van der Waals surface area (Å²) in [6.45, 7) is 0. The molecule has 220 valence electrons. The number of hydrogen-bond acceptors (Lipinski definition) is 4. The molecule has 9 rings (SSSR count). The smallest absolute Gasteiger partial charge is 0.164 e. The van der Waals surface area contributed by atoms with E-state index in [0.29, 0.717) is 17.5 Å². The first-order chi connectivity index (χ1) is 23.3. The lowest BCUT2D eigenvalue weighted by atomic mass is 9.97. The zero-order valence-electron chi connectivity index (χ0n) is 25.3. The van der Waals surface area contributed by atoms with Gasteiger partial charge in [0.1, 0.15) is 11.2 Å². The monoisotopic (exact) mass is 601 g/mol. The zero-order chi connectivity index (χ0) is 31.2. The first kappa shape index (κ1) is 27.0. The highest BCUT2D eigenvalue weighted by Crippen LogP contribution is 2.41. The van der Waals surface area contributed by atoms with E-state index >= 15 is 0 Å². The second-order valence-corrected chi connectivity index (χ2v) is 11.6. The topological polar surface area (TPSA) is 51.8 Å². The molecule has 4 heteroatoms. The Balaban J connectivity index is 1.24. The van der Waals surface area contributed by atoms with E-state index in [0.717, 1.165) is 60.5 Å². The summed E-state index contributed by atoms with van der Waals surface area (Å²) in [7, 11) is 0. The summed E-state index contributed by atoms with van der Waals surface area (Å²) in [5.74, 6) is 1.90. The molecule has 0 aliphatic carbocycles. The average Bonchev–Trinajstić information content (AvgIpc) is 3.53. The van der Waals surface area contributed by atoms with Crippen molar-refractivity contribution in [1.29, 1.82) is 0 Å². The molecule has 9 aromatic rings. The van der Waals surface area contributed by atoms with Gasteiger partial charge in [-0.1, -0.05) is 146 Å². The molecule has 0 bridgehead atoms. The standard InChI is InChI=1S/C43H27N3O/c1-4-12-28(13-5-1)29-20-22-30(23-21-29)33-24-25-39-36(26-33)37-27-38(34-18-10-11-19-35(34)40(37)47-39)43-45-41(31-14-6-2-7-15-31)44-42(46-43)32-16-8-3-9-17-32/h1-27H. The van der Waals surface area contributed by atoms with Crippen LogP contribution >= 0.6 is 0 Å². The molecule has 2 heterocycles. The van der Waals surface area contributed by atoms with Gasteiger partial charge in [-0.3, -0.25) is 0 Å². The third-order valence-corrected chi connectivity index (χ3v) is 8.74. The molecule has 4 nitrogen and oxygen atoms in total. The van der Waals surface area contributed by atoms with E-state index in [9.17, 15) is 0 Å². The Labute approximate surface area is 271 Å². The fraction of sp³-hybridized carbons (Fsp3) is 0. The van der Waals surface area contributed by atoms with E-state index in [1.54, 1.807) is 0 Å². The number of aromatic nitrogens is 3. The minimum atomic E-state index is 0.623. The van der Waals surface area contributed by atoms with E-state index in [1.807, 2.05) is 66.7 Å². The summed E-state index contributed by atoms with van der Waals surface area (Å²) in [6, 6.07) is 56.3. The highest BCUT2D eigenvalue weighted by molar-refractivity contribution is 6.19. The zero-order valence-corrected chi connectivity index (χ0v) is 25.3. The molecule has 0 aliphatic rings. The maximum absolute atomic E-state index is 6.56. The first-order valence-corrected chi connectivity index (χ1v) is 15.7. The maximum atomic E-state index is 6.56. The molecular weight excluding hydrogens is 574 g/mol. The van der Waals surface area contributed by atoms with Gasteiger partial charge in [-0.2, -0.15) is 0 Å². The fourth-order valence-corrected chi connectivity index (χ4v) is 6.38. The van der Waals surface area contributed by atoms with Crippen molar-refractivity contribution in [2.24, 2.45) is 0 Å². The van der Waals surface area contributed by atoms with Gasteiger partial charge < -0.3 is 4.42 Å². The van der Waals surface area contributed by atoms with Crippen molar-refractivity contribution in [3.8, 4) is 56.4 Å². The number of benzene rings is 7. The van der Waals surface area contributed by atoms with Gasteiger partial charge in [0.05, 0.1) is 0 Å². The molecule has 2 aromatic heterocycles. The second-order valence-electron chi connectivity index (χ2n) is 11.6. The number of fused-ring (bicyclic) bond motifs is 5.